The highest BCUT2D eigenvalue weighted by Gasteiger charge is 2.18. The molecule has 0 aliphatic heterocycles. The van der Waals surface area contributed by atoms with Crippen molar-refractivity contribution in [3.05, 3.63) is 28.8 Å². The number of hydrogen-bond donors (Lipinski definition) is 3. The van der Waals surface area contributed by atoms with Crippen molar-refractivity contribution in [2.75, 3.05) is 0 Å². The Labute approximate surface area is 103 Å². The largest absolute Gasteiger partial charge is 0.506 e. The fourth-order valence-corrected chi connectivity index (χ4v) is 1.41. The summed E-state index contributed by atoms with van der Waals surface area (Å²) in [6.07, 6.45) is 0.285. The summed E-state index contributed by atoms with van der Waals surface area (Å²) < 4.78 is 0. The number of carbonyl (C=O) groups is 2. The molecule has 6 heteroatoms. The zero-order chi connectivity index (χ0) is 13.0. The third-order valence-corrected chi connectivity index (χ3v) is 2.52. The molecule has 92 valence electrons. The number of hydrogen-bond acceptors (Lipinski definition) is 3. The molecule has 0 aliphatic carbocycles. The van der Waals surface area contributed by atoms with Crippen molar-refractivity contribution < 1.29 is 19.8 Å². The summed E-state index contributed by atoms with van der Waals surface area (Å²) in [5.41, 5.74) is 0.201. The van der Waals surface area contributed by atoms with Crippen molar-refractivity contribution in [3.8, 4) is 5.75 Å². The van der Waals surface area contributed by atoms with E-state index < -0.39 is 17.9 Å². The smallest absolute Gasteiger partial charge is 0.326 e. The Balaban J connectivity index is 2.82. The lowest BCUT2D eigenvalue weighted by Crippen LogP contribution is -2.40. The number of carboxylic acids is 1. The number of aromatic hydroxyl groups is 1. The number of carboxylic acid groups (broad SMARTS) is 1. The second kappa shape index (κ2) is 5.54. The molecule has 17 heavy (non-hydrogen) atoms. The Morgan fingerprint density at radius 1 is 1.47 bits per heavy atom. The number of phenols is 1. The van der Waals surface area contributed by atoms with Crippen LogP contribution in [-0.2, 0) is 4.79 Å². The molecule has 1 aromatic carbocycles. The van der Waals surface area contributed by atoms with Crippen LogP contribution in [0.2, 0.25) is 5.02 Å². The summed E-state index contributed by atoms with van der Waals surface area (Å²) in [5.74, 6) is -1.76. The van der Waals surface area contributed by atoms with Gasteiger partial charge in [0, 0.05) is 5.56 Å². The molecular weight excluding hydrogens is 246 g/mol. The normalized spacial score (nSPS) is 11.9. The predicted octanol–water partition coefficient (Wildman–Crippen LogP) is 1.64. The molecule has 0 fully saturated rings. The van der Waals surface area contributed by atoms with Crippen molar-refractivity contribution >= 4 is 23.5 Å². The minimum atomic E-state index is -1.09. The van der Waals surface area contributed by atoms with Crippen molar-refractivity contribution in [1.82, 2.24) is 5.32 Å². The lowest BCUT2D eigenvalue weighted by atomic mass is 10.1. The molecular formula is C11H12ClNO4. The first-order valence-corrected chi connectivity index (χ1v) is 5.35. The van der Waals surface area contributed by atoms with E-state index in [1.807, 2.05) is 0 Å². The number of phenolic OH excluding ortho intramolecular Hbond substituents is 1. The summed E-state index contributed by atoms with van der Waals surface area (Å²) in [4.78, 5) is 22.4. The highest BCUT2D eigenvalue weighted by molar-refractivity contribution is 6.32. The van der Waals surface area contributed by atoms with Gasteiger partial charge in [0.25, 0.3) is 5.91 Å². The first-order chi connectivity index (χ1) is 7.95. The van der Waals surface area contributed by atoms with Crippen LogP contribution in [-0.4, -0.2) is 28.1 Å². The van der Waals surface area contributed by atoms with Crippen LogP contribution >= 0.6 is 11.6 Å². The summed E-state index contributed by atoms with van der Waals surface area (Å²) in [6, 6.07) is 2.99. The third-order valence-electron chi connectivity index (χ3n) is 2.22. The van der Waals surface area contributed by atoms with Gasteiger partial charge in [0.2, 0.25) is 0 Å². The molecule has 1 aromatic rings. The molecule has 0 aliphatic rings. The van der Waals surface area contributed by atoms with Crippen LogP contribution in [0.4, 0.5) is 0 Å². The minimum Gasteiger partial charge on any atom is -0.506 e. The zero-order valence-corrected chi connectivity index (χ0v) is 9.86. The van der Waals surface area contributed by atoms with Crippen molar-refractivity contribution in [3.63, 3.8) is 0 Å². The maximum atomic E-state index is 11.7. The summed E-state index contributed by atoms with van der Waals surface area (Å²) in [7, 11) is 0. The highest BCUT2D eigenvalue weighted by Crippen LogP contribution is 2.23. The van der Waals surface area contributed by atoms with Gasteiger partial charge in [-0.15, -0.1) is 0 Å². The van der Waals surface area contributed by atoms with Crippen LogP contribution in [0.25, 0.3) is 0 Å². The lowest BCUT2D eigenvalue weighted by molar-refractivity contribution is -0.139. The Morgan fingerprint density at radius 2 is 2.12 bits per heavy atom. The van der Waals surface area contributed by atoms with Gasteiger partial charge in [0.1, 0.15) is 11.8 Å². The molecule has 0 heterocycles. The zero-order valence-electron chi connectivity index (χ0n) is 9.11. The van der Waals surface area contributed by atoms with Crippen LogP contribution in [0.5, 0.6) is 5.75 Å². The second-order valence-electron chi connectivity index (χ2n) is 3.44. The molecule has 0 saturated carbocycles. The van der Waals surface area contributed by atoms with Crippen LogP contribution < -0.4 is 5.32 Å². The Bertz CT molecular complexity index is 447. The number of aliphatic carboxylic acids is 1. The fourth-order valence-electron chi connectivity index (χ4n) is 1.23. The average molecular weight is 258 g/mol. The van der Waals surface area contributed by atoms with Gasteiger partial charge in [0.05, 0.1) is 5.02 Å². The fraction of sp³-hybridized carbons (Fsp3) is 0.273. The summed E-state index contributed by atoms with van der Waals surface area (Å²) in [6.45, 7) is 1.66. The van der Waals surface area contributed by atoms with Gasteiger partial charge in [-0.2, -0.15) is 0 Å². The third kappa shape index (κ3) is 3.35. The maximum Gasteiger partial charge on any atom is 0.326 e. The number of benzene rings is 1. The molecule has 0 unspecified atom stereocenters. The highest BCUT2D eigenvalue weighted by atomic mass is 35.5. The predicted molar refractivity (Wildman–Crippen MR) is 62.3 cm³/mol. The SMILES string of the molecule is CC[C@H](NC(=O)c1ccc(O)c(Cl)c1)C(=O)O. The van der Waals surface area contributed by atoms with Gasteiger partial charge in [-0.3, -0.25) is 4.79 Å². The van der Waals surface area contributed by atoms with Crippen LogP contribution in [0.1, 0.15) is 23.7 Å². The van der Waals surface area contributed by atoms with Gasteiger partial charge in [-0.1, -0.05) is 18.5 Å². The molecule has 1 rings (SSSR count). The van der Waals surface area contributed by atoms with Gasteiger partial charge in [0.15, 0.2) is 0 Å². The molecule has 1 amide bonds. The topological polar surface area (TPSA) is 86.6 Å². The van der Waals surface area contributed by atoms with Crippen molar-refractivity contribution in [2.45, 2.75) is 19.4 Å². The van der Waals surface area contributed by atoms with Crippen molar-refractivity contribution in [1.29, 1.82) is 0 Å². The van der Waals surface area contributed by atoms with Gasteiger partial charge in [-0.05, 0) is 24.6 Å². The standard InChI is InChI=1S/C11H12ClNO4/c1-2-8(11(16)17)13-10(15)6-3-4-9(14)7(12)5-6/h3-5,8,14H,2H2,1H3,(H,13,15)(H,16,17)/t8-/m0/s1. The number of halogens is 1. The van der Waals surface area contributed by atoms with Crippen LogP contribution in [0.3, 0.4) is 0 Å². The first-order valence-electron chi connectivity index (χ1n) is 4.98. The van der Waals surface area contributed by atoms with E-state index in [9.17, 15) is 14.7 Å². The quantitative estimate of drug-likeness (QED) is 0.765. The Hall–Kier alpha value is -1.75. The molecule has 0 saturated heterocycles. The summed E-state index contributed by atoms with van der Waals surface area (Å²) >= 11 is 5.64. The molecule has 0 aromatic heterocycles. The van der Waals surface area contributed by atoms with Crippen LogP contribution in [0.15, 0.2) is 18.2 Å². The van der Waals surface area contributed by atoms with Gasteiger partial charge >= 0.3 is 5.97 Å². The molecule has 0 bridgehead atoms. The van der Waals surface area contributed by atoms with Crippen molar-refractivity contribution in [2.24, 2.45) is 0 Å². The van der Waals surface area contributed by atoms with E-state index in [0.29, 0.717) is 0 Å². The monoisotopic (exact) mass is 257 g/mol. The molecule has 5 nitrogen and oxygen atoms in total. The van der Waals surface area contributed by atoms with Gasteiger partial charge < -0.3 is 15.5 Å². The Kier molecular flexibility index (Phi) is 4.34. The Morgan fingerprint density at radius 3 is 2.59 bits per heavy atom. The van der Waals surface area contributed by atoms with E-state index in [1.54, 1.807) is 6.92 Å². The van der Waals surface area contributed by atoms with E-state index >= 15 is 0 Å². The summed E-state index contributed by atoms with van der Waals surface area (Å²) in [5, 5.41) is 20.4. The number of carbonyl (C=O) groups excluding carboxylic acids is 1. The van der Waals surface area contributed by atoms with E-state index in [1.165, 1.54) is 18.2 Å². The van der Waals surface area contributed by atoms with Crippen LogP contribution in [0, 0.1) is 0 Å². The second-order valence-corrected chi connectivity index (χ2v) is 3.85. The van der Waals surface area contributed by atoms with Gasteiger partial charge in [-0.25, -0.2) is 4.79 Å². The van der Waals surface area contributed by atoms with E-state index in [2.05, 4.69) is 5.32 Å². The molecule has 0 radical (unpaired) electrons. The van der Waals surface area contributed by atoms with E-state index in [0.717, 1.165) is 0 Å². The van der Waals surface area contributed by atoms with E-state index in [4.69, 9.17) is 16.7 Å². The molecule has 3 N–H and O–H groups in total. The van der Waals surface area contributed by atoms with E-state index in [-0.39, 0.29) is 22.8 Å². The number of rotatable bonds is 4. The lowest BCUT2D eigenvalue weighted by Gasteiger charge is -2.12. The molecule has 1 atom stereocenters. The number of amides is 1. The molecule has 0 spiro atoms. The first kappa shape index (κ1) is 13.3. The minimum absolute atomic E-state index is 0.0426. The average Bonchev–Trinajstić information content (AvgIpc) is 2.28. The maximum absolute atomic E-state index is 11.7. The number of nitrogens with one attached hydrogen (secondary N) is 1.